The molecule has 1 aliphatic heterocycles. The van der Waals surface area contributed by atoms with Gasteiger partial charge in [-0.05, 0) is 54.7 Å². The number of halogens is 2. The molecule has 0 amide bonds. The summed E-state index contributed by atoms with van der Waals surface area (Å²) in [5.41, 5.74) is 3.18. The van der Waals surface area contributed by atoms with Crippen LogP contribution in [0.1, 0.15) is 31.2 Å². The summed E-state index contributed by atoms with van der Waals surface area (Å²) in [7, 11) is 0. The van der Waals surface area contributed by atoms with Crippen LogP contribution in [0.3, 0.4) is 0 Å². The standard InChI is InChI=1S/C20H21F2N/c21-20(22)13-16-7-6-15-8-10-23-11-9-17(15)19(16)18(20)12-14-4-2-1-3-5-14/h1-5,9-11,15-16,18H,6-8,12-13H2. The number of alkyl halides is 2. The van der Waals surface area contributed by atoms with E-state index in [-0.39, 0.29) is 12.3 Å². The molecule has 23 heavy (non-hydrogen) atoms. The van der Waals surface area contributed by atoms with Gasteiger partial charge in [0.2, 0.25) is 0 Å². The Hall–Kier alpha value is -1.77. The van der Waals surface area contributed by atoms with Crippen LogP contribution in [0.15, 0.2) is 58.7 Å². The first-order chi connectivity index (χ1) is 11.1. The molecule has 3 atom stereocenters. The van der Waals surface area contributed by atoms with Crippen molar-refractivity contribution in [1.29, 1.82) is 0 Å². The second-order valence-corrected chi connectivity index (χ2v) is 6.97. The fourth-order valence-electron chi connectivity index (χ4n) is 4.54. The lowest BCUT2D eigenvalue weighted by molar-refractivity contribution is -0.0331. The van der Waals surface area contributed by atoms with Gasteiger partial charge in [0.05, 0.1) is 0 Å². The predicted molar refractivity (Wildman–Crippen MR) is 88.7 cm³/mol. The van der Waals surface area contributed by atoms with E-state index < -0.39 is 11.8 Å². The van der Waals surface area contributed by atoms with Gasteiger partial charge in [-0.2, -0.15) is 0 Å². The van der Waals surface area contributed by atoms with Gasteiger partial charge in [0, 0.05) is 24.8 Å². The lowest BCUT2D eigenvalue weighted by Gasteiger charge is -2.30. The molecule has 1 fully saturated rings. The molecule has 3 heteroatoms. The third-order valence-electron chi connectivity index (χ3n) is 5.60. The van der Waals surface area contributed by atoms with Crippen molar-refractivity contribution in [3.8, 4) is 0 Å². The number of nitrogens with zero attached hydrogens (tertiary/aromatic N) is 1. The molecule has 0 N–H and O–H groups in total. The highest BCUT2D eigenvalue weighted by molar-refractivity contribution is 5.61. The molecule has 120 valence electrons. The van der Waals surface area contributed by atoms with Crippen molar-refractivity contribution in [2.24, 2.45) is 22.7 Å². The van der Waals surface area contributed by atoms with E-state index >= 15 is 0 Å². The molecule has 0 spiro atoms. The highest BCUT2D eigenvalue weighted by atomic mass is 19.3. The Morgan fingerprint density at radius 3 is 2.70 bits per heavy atom. The zero-order chi connectivity index (χ0) is 15.9. The second kappa shape index (κ2) is 5.70. The van der Waals surface area contributed by atoms with Crippen LogP contribution < -0.4 is 0 Å². The first-order valence-corrected chi connectivity index (χ1v) is 8.49. The van der Waals surface area contributed by atoms with Gasteiger partial charge in [-0.3, -0.25) is 4.99 Å². The Labute approximate surface area is 135 Å². The van der Waals surface area contributed by atoms with E-state index in [4.69, 9.17) is 0 Å². The minimum absolute atomic E-state index is 0.0186. The minimum atomic E-state index is -2.60. The molecule has 2 aliphatic carbocycles. The quantitative estimate of drug-likeness (QED) is 0.712. The summed E-state index contributed by atoms with van der Waals surface area (Å²) < 4.78 is 29.5. The Bertz CT molecular complexity index is 672. The van der Waals surface area contributed by atoms with Gasteiger partial charge in [-0.15, -0.1) is 0 Å². The predicted octanol–water partition coefficient (Wildman–Crippen LogP) is 5.20. The summed E-state index contributed by atoms with van der Waals surface area (Å²) in [5.74, 6) is -2.84. The number of fused-ring (bicyclic) bond motifs is 2. The molecule has 3 aliphatic rings. The third-order valence-corrected chi connectivity index (χ3v) is 5.60. The van der Waals surface area contributed by atoms with E-state index in [0.717, 1.165) is 36.0 Å². The first kappa shape index (κ1) is 14.8. The average Bonchev–Trinajstić information content (AvgIpc) is 2.70. The summed E-state index contributed by atoms with van der Waals surface area (Å²) in [6.45, 7) is 0. The summed E-state index contributed by atoms with van der Waals surface area (Å²) in [6, 6.07) is 9.71. The number of benzene rings is 1. The van der Waals surface area contributed by atoms with E-state index in [1.54, 1.807) is 6.20 Å². The van der Waals surface area contributed by atoms with Crippen molar-refractivity contribution in [2.45, 2.75) is 38.0 Å². The average molecular weight is 313 g/mol. The maximum Gasteiger partial charge on any atom is 0.255 e. The zero-order valence-electron chi connectivity index (χ0n) is 13.1. The molecule has 4 rings (SSSR count). The van der Waals surface area contributed by atoms with Crippen LogP contribution in [0.25, 0.3) is 0 Å². The van der Waals surface area contributed by atoms with Crippen molar-refractivity contribution in [1.82, 2.24) is 0 Å². The van der Waals surface area contributed by atoms with E-state index in [9.17, 15) is 8.78 Å². The molecule has 3 unspecified atom stereocenters. The smallest absolute Gasteiger partial charge is 0.255 e. The molecule has 1 heterocycles. The largest absolute Gasteiger partial charge is 0.269 e. The van der Waals surface area contributed by atoms with Gasteiger partial charge in [-0.25, -0.2) is 8.78 Å². The Kier molecular flexibility index (Phi) is 3.67. The summed E-state index contributed by atoms with van der Waals surface area (Å²) in [5, 5.41) is 0. The highest BCUT2D eigenvalue weighted by Crippen LogP contribution is 2.55. The molecule has 1 nitrogen and oxygen atoms in total. The van der Waals surface area contributed by atoms with Crippen LogP contribution in [0.4, 0.5) is 8.78 Å². The highest BCUT2D eigenvalue weighted by Gasteiger charge is 2.53. The lowest BCUT2D eigenvalue weighted by atomic mass is 9.74. The Balaban J connectivity index is 1.76. The van der Waals surface area contributed by atoms with Crippen LogP contribution in [0.5, 0.6) is 0 Å². The van der Waals surface area contributed by atoms with Crippen LogP contribution in [-0.4, -0.2) is 12.1 Å². The van der Waals surface area contributed by atoms with Gasteiger partial charge in [-0.1, -0.05) is 35.9 Å². The van der Waals surface area contributed by atoms with Crippen molar-refractivity contribution in [3.05, 3.63) is 59.3 Å². The van der Waals surface area contributed by atoms with Crippen molar-refractivity contribution < 1.29 is 8.78 Å². The van der Waals surface area contributed by atoms with Crippen molar-refractivity contribution >= 4 is 6.21 Å². The maximum absolute atomic E-state index is 14.8. The van der Waals surface area contributed by atoms with Gasteiger partial charge < -0.3 is 0 Å². The Morgan fingerprint density at radius 1 is 1.09 bits per heavy atom. The number of hydrogen-bond donors (Lipinski definition) is 0. The van der Waals surface area contributed by atoms with Crippen molar-refractivity contribution in [3.63, 3.8) is 0 Å². The van der Waals surface area contributed by atoms with E-state index in [1.807, 2.05) is 42.6 Å². The van der Waals surface area contributed by atoms with E-state index in [1.165, 1.54) is 0 Å². The lowest BCUT2D eigenvalue weighted by Crippen LogP contribution is -2.26. The van der Waals surface area contributed by atoms with Gasteiger partial charge in [0.25, 0.3) is 5.92 Å². The Morgan fingerprint density at radius 2 is 1.87 bits per heavy atom. The van der Waals surface area contributed by atoms with Gasteiger partial charge in [0.15, 0.2) is 0 Å². The maximum atomic E-state index is 14.8. The van der Waals surface area contributed by atoms with E-state index in [0.29, 0.717) is 12.3 Å². The summed E-state index contributed by atoms with van der Waals surface area (Å²) in [4.78, 5) is 4.23. The second-order valence-electron chi connectivity index (χ2n) is 6.97. The minimum Gasteiger partial charge on any atom is -0.269 e. The van der Waals surface area contributed by atoms with E-state index in [2.05, 4.69) is 4.99 Å². The SMILES string of the molecule is FC1(F)CC2CCC3CC=NC=CC3=C2C1Cc1ccccc1. The molecule has 1 aromatic carbocycles. The zero-order valence-corrected chi connectivity index (χ0v) is 13.1. The summed E-state index contributed by atoms with van der Waals surface area (Å²) in [6.07, 6.45) is 8.93. The fourth-order valence-corrected chi connectivity index (χ4v) is 4.54. The number of hydrogen-bond acceptors (Lipinski definition) is 1. The summed E-state index contributed by atoms with van der Waals surface area (Å²) >= 11 is 0. The number of rotatable bonds is 2. The number of allylic oxidation sites excluding steroid dienone is 3. The molecular formula is C20H21F2N. The topological polar surface area (TPSA) is 12.4 Å². The van der Waals surface area contributed by atoms with Crippen LogP contribution in [0.2, 0.25) is 0 Å². The number of aliphatic imine (C=N–C) groups is 1. The fraction of sp³-hybridized carbons (Fsp3) is 0.450. The molecule has 1 aromatic rings. The first-order valence-electron chi connectivity index (χ1n) is 8.49. The molecule has 0 aromatic heterocycles. The molecular weight excluding hydrogens is 292 g/mol. The third kappa shape index (κ3) is 2.66. The molecule has 0 radical (unpaired) electrons. The van der Waals surface area contributed by atoms with Gasteiger partial charge >= 0.3 is 0 Å². The van der Waals surface area contributed by atoms with Gasteiger partial charge in [0.1, 0.15) is 0 Å². The molecule has 0 bridgehead atoms. The van der Waals surface area contributed by atoms with Crippen molar-refractivity contribution in [2.75, 3.05) is 0 Å². The normalized spacial score (nSPS) is 31.7. The van der Waals surface area contributed by atoms with Crippen LogP contribution in [-0.2, 0) is 6.42 Å². The molecule has 1 saturated carbocycles. The monoisotopic (exact) mass is 313 g/mol. The van der Waals surface area contributed by atoms with Crippen LogP contribution >= 0.6 is 0 Å². The molecule has 0 saturated heterocycles. The van der Waals surface area contributed by atoms with Crippen LogP contribution in [0, 0.1) is 17.8 Å².